The molecule has 0 aliphatic heterocycles. The molecule has 0 radical (unpaired) electrons. The third-order valence-corrected chi connectivity index (χ3v) is 4.46. The van der Waals surface area contributed by atoms with E-state index < -0.39 is 13.4 Å². The Morgan fingerprint density at radius 1 is 1.00 bits per heavy atom. The number of nitrogens with one attached hydrogen (secondary N) is 1. The minimum atomic E-state index is -4.33. The summed E-state index contributed by atoms with van der Waals surface area (Å²) in [7, 11) is -4.33. The fourth-order valence-corrected chi connectivity index (χ4v) is 3.34. The van der Waals surface area contributed by atoms with Crippen LogP contribution in [-0.4, -0.2) is 9.79 Å². The lowest BCUT2D eigenvalue weighted by Crippen LogP contribution is -2.13. The van der Waals surface area contributed by atoms with E-state index in [-0.39, 0.29) is 0 Å². The number of hydrogen-bond acceptors (Lipinski definition) is 2. The van der Waals surface area contributed by atoms with Crippen LogP contribution >= 0.6 is 7.60 Å². The molecule has 3 N–H and O–H groups in total. The zero-order chi connectivity index (χ0) is 15.6. The highest BCUT2D eigenvalue weighted by atomic mass is 31.2. The van der Waals surface area contributed by atoms with Crippen LogP contribution in [-0.2, 0) is 4.57 Å². The van der Waals surface area contributed by atoms with Gasteiger partial charge in [0.2, 0.25) is 0 Å². The van der Waals surface area contributed by atoms with Gasteiger partial charge in [0.15, 0.2) is 5.78 Å². The summed E-state index contributed by atoms with van der Waals surface area (Å²) in [4.78, 5) is 19.4. The number of benzene rings is 2. The molecule has 0 spiro atoms. The van der Waals surface area contributed by atoms with Crippen molar-refractivity contribution in [1.29, 1.82) is 0 Å². The van der Waals surface area contributed by atoms with Crippen LogP contribution in [0.3, 0.4) is 0 Å². The van der Waals surface area contributed by atoms with Crippen LogP contribution in [0.25, 0.3) is 0 Å². The maximum Gasteiger partial charge on any atom is 0.352 e. The van der Waals surface area contributed by atoms with Gasteiger partial charge >= 0.3 is 7.60 Å². The van der Waals surface area contributed by atoms with Gasteiger partial charge in [-0.15, -0.1) is 0 Å². The topological polar surface area (TPSA) is 69.6 Å². The summed E-state index contributed by atoms with van der Waals surface area (Å²) >= 11 is 0. The minimum absolute atomic E-state index is 0.621. The molecule has 0 aliphatic carbocycles. The van der Waals surface area contributed by atoms with Crippen LogP contribution < -0.4 is 5.32 Å². The number of rotatable bonds is 4. The Bertz CT molecular complexity index is 694. The molecule has 1 unspecified atom stereocenters. The largest absolute Gasteiger partial charge is 0.368 e. The van der Waals surface area contributed by atoms with Gasteiger partial charge in [-0.25, -0.2) is 0 Å². The van der Waals surface area contributed by atoms with Crippen molar-refractivity contribution in [2.45, 2.75) is 26.6 Å². The summed E-state index contributed by atoms with van der Waals surface area (Å²) in [5.41, 5.74) is 4.28. The standard InChI is InChI=1S/C16H20NO3P/c1-11-5-4-6-14(10-11)17-16(21(18,19)20)15-8-7-12(2)9-13(15)3/h4-10,16-17H,1-3H3,(H2,18,19,20). The average Bonchev–Trinajstić information content (AvgIpc) is 2.35. The predicted molar refractivity (Wildman–Crippen MR) is 85.5 cm³/mol. The first-order valence-electron chi connectivity index (χ1n) is 6.73. The van der Waals surface area contributed by atoms with Crippen LogP contribution in [0.15, 0.2) is 42.5 Å². The maximum atomic E-state index is 11.9. The summed E-state index contributed by atoms with van der Waals surface area (Å²) < 4.78 is 11.9. The van der Waals surface area contributed by atoms with Crippen molar-refractivity contribution in [3.8, 4) is 0 Å². The van der Waals surface area contributed by atoms with Crippen LogP contribution in [0.2, 0.25) is 0 Å². The molecule has 0 saturated carbocycles. The second-order valence-corrected chi connectivity index (χ2v) is 7.06. The average molecular weight is 305 g/mol. The number of aryl methyl sites for hydroxylation is 3. The molecular formula is C16H20NO3P. The third-order valence-electron chi connectivity index (χ3n) is 3.38. The molecule has 21 heavy (non-hydrogen) atoms. The second-order valence-electron chi connectivity index (χ2n) is 5.37. The van der Waals surface area contributed by atoms with Crippen LogP contribution in [0.1, 0.15) is 28.0 Å². The van der Waals surface area contributed by atoms with Gasteiger partial charge < -0.3 is 15.1 Å². The van der Waals surface area contributed by atoms with Crippen LogP contribution in [0, 0.1) is 20.8 Å². The van der Waals surface area contributed by atoms with E-state index in [4.69, 9.17) is 0 Å². The molecule has 0 fully saturated rings. The van der Waals surface area contributed by atoms with Gasteiger partial charge in [0.05, 0.1) is 0 Å². The second kappa shape index (κ2) is 6.02. The first-order valence-corrected chi connectivity index (χ1v) is 8.41. The molecule has 2 aromatic carbocycles. The molecule has 4 nitrogen and oxygen atoms in total. The molecule has 0 aromatic heterocycles. The Morgan fingerprint density at radius 3 is 2.24 bits per heavy atom. The van der Waals surface area contributed by atoms with E-state index in [2.05, 4.69) is 5.32 Å². The zero-order valence-corrected chi connectivity index (χ0v) is 13.3. The van der Waals surface area contributed by atoms with Crippen molar-refractivity contribution in [3.63, 3.8) is 0 Å². The van der Waals surface area contributed by atoms with Crippen LogP contribution in [0.5, 0.6) is 0 Å². The fraction of sp³-hybridized carbons (Fsp3) is 0.250. The van der Waals surface area contributed by atoms with Gasteiger partial charge in [-0.05, 0) is 49.6 Å². The lowest BCUT2D eigenvalue weighted by molar-refractivity contribution is 0.363. The van der Waals surface area contributed by atoms with Crippen molar-refractivity contribution >= 4 is 13.3 Å². The SMILES string of the molecule is Cc1cccc(NC(c2ccc(C)cc2C)P(=O)(O)O)c1. The number of hydrogen-bond donors (Lipinski definition) is 3. The molecule has 5 heteroatoms. The van der Waals surface area contributed by atoms with E-state index in [1.54, 1.807) is 12.1 Å². The first-order chi connectivity index (χ1) is 9.77. The lowest BCUT2D eigenvalue weighted by atomic mass is 10.1. The summed E-state index contributed by atoms with van der Waals surface area (Å²) in [6, 6.07) is 13.0. The summed E-state index contributed by atoms with van der Waals surface area (Å²) in [6.45, 7) is 5.76. The van der Waals surface area contributed by atoms with E-state index in [9.17, 15) is 14.4 Å². The molecule has 0 saturated heterocycles. The summed E-state index contributed by atoms with van der Waals surface area (Å²) in [6.07, 6.45) is 0. The van der Waals surface area contributed by atoms with Gasteiger partial charge in [0.25, 0.3) is 0 Å². The van der Waals surface area contributed by atoms with Gasteiger partial charge in [-0.1, -0.05) is 35.9 Å². The number of anilines is 1. The van der Waals surface area contributed by atoms with E-state index in [0.717, 1.165) is 16.7 Å². The summed E-state index contributed by atoms with van der Waals surface area (Å²) in [5, 5.41) is 2.97. The molecule has 0 aliphatic rings. The van der Waals surface area contributed by atoms with Crippen molar-refractivity contribution < 1.29 is 14.4 Å². The smallest absolute Gasteiger partial charge is 0.352 e. The highest BCUT2D eigenvalue weighted by Crippen LogP contribution is 2.52. The Kier molecular flexibility index (Phi) is 4.52. The zero-order valence-electron chi connectivity index (χ0n) is 12.4. The van der Waals surface area contributed by atoms with Gasteiger partial charge in [0.1, 0.15) is 0 Å². The van der Waals surface area contributed by atoms with Crippen molar-refractivity contribution in [2.75, 3.05) is 5.32 Å². The van der Waals surface area contributed by atoms with Crippen LogP contribution in [0.4, 0.5) is 5.69 Å². The van der Waals surface area contributed by atoms with E-state index in [0.29, 0.717) is 11.3 Å². The van der Waals surface area contributed by atoms with Gasteiger partial charge in [-0.3, -0.25) is 4.57 Å². The Labute approximate surface area is 125 Å². The molecule has 0 amide bonds. The molecule has 112 valence electrons. The fourth-order valence-electron chi connectivity index (χ4n) is 2.37. The molecule has 1 atom stereocenters. The van der Waals surface area contributed by atoms with E-state index in [1.165, 1.54) is 0 Å². The van der Waals surface area contributed by atoms with Crippen molar-refractivity contribution in [3.05, 3.63) is 64.7 Å². The molecular weight excluding hydrogens is 285 g/mol. The predicted octanol–water partition coefficient (Wildman–Crippen LogP) is 3.90. The Hall–Kier alpha value is -1.61. The quantitative estimate of drug-likeness (QED) is 0.749. The minimum Gasteiger partial charge on any atom is -0.368 e. The highest BCUT2D eigenvalue weighted by Gasteiger charge is 2.31. The Balaban J connectivity index is 2.42. The lowest BCUT2D eigenvalue weighted by Gasteiger charge is -2.23. The normalized spacial score (nSPS) is 13.0. The van der Waals surface area contributed by atoms with Crippen molar-refractivity contribution in [2.24, 2.45) is 0 Å². The molecule has 2 aromatic rings. The van der Waals surface area contributed by atoms with Gasteiger partial charge in [0, 0.05) is 5.69 Å². The van der Waals surface area contributed by atoms with Crippen molar-refractivity contribution in [1.82, 2.24) is 0 Å². The van der Waals surface area contributed by atoms with E-state index in [1.807, 2.05) is 51.1 Å². The Morgan fingerprint density at radius 2 is 1.67 bits per heavy atom. The monoisotopic (exact) mass is 305 g/mol. The highest BCUT2D eigenvalue weighted by molar-refractivity contribution is 7.52. The maximum absolute atomic E-state index is 11.9. The third kappa shape index (κ3) is 3.94. The molecule has 0 heterocycles. The van der Waals surface area contributed by atoms with E-state index >= 15 is 0 Å². The molecule has 0 bridgehead atoms. The first kappa shape index (κ1) is 15.8. The molecule has 2 rings (SSSR count). The van der Waals surface area contributed by atoms with Gasteiger partial charge in [-0.2, -0.15) is 0 Å². The summed E-state index contributed by atoms with van der Waals surface area (Å²) in [5.74, 6) is -1.04.